The van der Waals surface area contributed by atoms with Crippen LogP contribution in [0.1, 0.15) is 24.4 Å². The van der Waals surface area contributed by atoms with Crippen LogP contribution in [0.2, 0.25) is 5.15 Å². The number of fused-ring (bicyclic) bond motifs is 1. The highest BCUT2D eigenvalue weighted by molar-refractivity contribution is 6.34. The van der Waals surface area contributed by atoms with Gasteiger partial charge in [-0.25, -0.2) is 9.97 Å². The lowest BCUT2D eigenvalue weighted by atomic mass is 10.2. The van der Waals surface area contributed by atoms with Crippen LogP contribution >= 0.6 is 11.6 Å². The number of hydrogen-bond donors (Lipinski definition) is 0. The van der Waals surface area contributed by atoms with E-state index in [1.54, 1.807) is 0 Å². The van der Waals surface area contributed by atoms with Gasteiger partial charge in [0.15, 0.2) is 0 Å². The minimum absolute atomic E-state index is 0.347. The van der Waals surface area contributed by atoms with Crippen molar-refractivity contribution in [2.24, 2.45) is 0 Å². The molecular formula is C14H14ClN3. The van der Waals surface area contributed by atoms with Crippen molar-refractivity contribution in [2.75, 3.05) is 0 Å². The Labute approximate surface area is 111 Å². The summed E-state index contributed by atoms with van der Waals surface area (Å²) in [5.74, 6) is 0. The minimum atomic E-state index is 0.347. The molecule has 0 aliphatic heterocycles. The fourth-order valence-electron chi connectivity index (χ4n) is 2.60. The van der Waals surface area contributed by atoms with E-state index in [9.17, 15) is 0 Å². The molecule has 0 amide bonds. The molecule has 0 spiro atoms. The quantitative estimate of drug-likeness (QED) is 0.767. The fourth-order valence-corrected chi connectivity index (χ4v) is 2.87. The highest BCUT2D eigenvalue weighted by Gasteiger charge is 2.20. The third kappa shape index (κ3) is 1.66. The number of nitrogens with zero attached hydrogens (tertiary/aromatic N) is 3. The molecule has 1 aliphatic carbocycles. The molecule has 2 aromatic rings. The number of hydrogen-bond acceptors (Lipinski definition) is 2. The van der Waals surface area contributed by atoms with Gasteiger partial charge in [-0.2, -0.15) is 0 Å². The molecule has 3 rings (SSSR count). The molecule has 4 heteroatoms. The molecule has 1 unspecified atom stereocenters. The van der Waals surface area contributed by atoms with Gasteiger partial charge in [-0.1, -0.05) is 35.9 Å². The van der Waals surface area contributed by atoms with Crippen LogP contribution in [0.4, 0.5) is 0 Å². The van der Waals surface area contributed by atoms with E-state index in [1.165, 1.54) is 11.9 Å². The lowest BCUT2D eigenvalue weighted by Crippen LogP contribution is -2.02. The fraction of sp³-hybridized carbons (Fsp3) is 0.286. The van der Waals surface area contributed by atoms with Crippen LogP contribution in [0.5, 0.6) is 0 Å². The van der Waals surface area contributed by atoms with Gasteiger partial charge in [0.05, 0.1) is 11.4 Å². The maximum atomic E-state index is 6.14. The molecule has 2 heterocycles. The normalized spacial score (nSPS) is 19.2. The highest BCUT2D eigenvalue weighted by atomic mass is 35.5. The van der Waals surface area contributed by atoms with Crippen molar-refractivity contribution in [1.82, 2.24) is 14.5 Å². The zero-order chi connectivity index (χ0) is 12.7. The summed E-state index contributed by atoms with van der Waals surface area (Å²) in [7, 11) is 0. The Morgan fingerprint density at radius 2 is 2.33 bits per heavy atom. The molecule has 1 aliphatic rings. The first-order valence-corrected chi connectivity index (χ1v) is 6.39. The summed E-state index contributed by atoms with van der Waals surface area (Å²) < 4.78 is 2.19. The van der Waals surface area contributed by atoms with Gasteiger partial charge < -0.3 is 4.57 Å². The van der Waals surface area contributed by atoms with Crippen molar-refractivity contribution in [2.45, 2.75) is 25.8 Å². The third-order valence-electron chi connectivity index (χ3n) is 3.51. The summed E-state index contributed by atoms with van der Waals surface area (Å²) in [5.41, 5.74) is 3.34. The van der Waals surface area contributed by atoms with Crippen molar-refractivity contribution in [3.05, 3.63) is 47.5 Å². The Hall–Kier alpha value is -1.61. The van der Waals surface area contributed by atoms with E-state index < -0.39 is 0 Å². The average Bonchev–Trinajstić information content (AvgIpc) is 2.94. The van der Waals surface area contributed by atoms with E-state index in [-0.39, 0.29) is 0 Å². The maximum Gasteiger partial charge on any atom is 0.145 e. The number of aromatic nitrogens is 3. The van der Waals surface area contributed by atoms with Gasteiger partial charge in [-0.3, -0.25) is 0 Å². The van der Waals surface area contributed by atoms with Crippen molar-refractivity contribution < 1.29 is 0 Å². The Balaban J connectivity index is 2.17. The predicted molar refractivity (Wildman–Crippen MR) is 73.8 cm³/mol. The summed E-state index contributed by atoms with van der Waals surface area (Å²) in [6.45, 7) is 5.87. The molecule has 0 bridgehead atoms. The Morgan fingerprint density at radius 1 is 1.50 bits per heavy atom. The summed E-state index contributed by atoms with van der Waals surface area (Å²) in [6, 6.07) is 0.347. The van der Waals surface area contributed by atoms with Crippen LogP contribution in [-0.2, 0) is 0 Å². The molecule has 3 nitrogen and oxygen atoms in total. The Kier molecular flexibility index (Phi) is 2.71. The zero-order valence-corrected chi connectivity index (χ0v) is 11.0. The highest BCUT2D eigenvalue weighted by Crippen LogP contribution is 2.34. The van der Waals surface area contributed by atoms with Gasteiger partial charge in [-0.05, 0) is 25.3 Å². The van der Waals surface area contributed by atoms with Gasteiger partial charge in [0.25, 0.3) is 0 Å². The topological polar surface area (TPSA) is 30.7 Å². The second-order valence-electron chi connectivity index (χ2n) is 4.63. The lowest BCUT2D eigenvalue weighted by molar-refractivity contribution is 0.604. The van der Waals surface area contributed by atoms with Gasteiger partial charge >= 0.3 is 0 Å². The van der Waals surface area contributed by atoms with E-state index in [2.05, 4.69) is 33.4 Å². The summed E-state index contributed by atoms with van der Waals surface area (Å²) in [5, 5.41) is 1.49. The molecule has 0 saturated carbocycles. The van der Waals surface area contributed by atoms with Crippen molar-refractivity contribution in [3.8, 4) is 0 Å². The van der Waals surface area contributed by atoms with Crippen LogP contribution in [0.3, 0.4) is 0 Å². The van der Waals surface area contributed by atoms with Crippen LogP contribution in [0.15, 0.2) is 36.8 Å². The predicted octanol–water partition coefficient (Wildman–Crippen LogP) is 3.84. The second-order valence-corrected chi connectivity index (χ2v) is 4.99. The molecular weight excluding hydrogens is 246 g/mol. The molecule has 0 N–H and O–H groups in total. The van der Waals surface area contributed by atoms with E-state index in [4.69, 9.17) is 11.6 Å². The smallest absolute Gasteiger partial charge is 0.145 e. The number of allylic oxidation sites excluding steroid dienone is 3. The molecule has 92 valence electrons. The standard InChI is InChI=1S/C14H14ClN3/c1-3-10-4-5-11(6-10)18-7-9(2)12-13(15)16-8-17-14(12)18/h3,6-8,11H,1,4-5H2,2H3. The molecule has 1 atom stereocenters. The monoisotopic (exact) mass is 259 g/mol. The Bertz CT molecular complexity index is 654. The molecule has 0 radical (unpaired) electrons. The van der Waals surface area contributed by atoms with Gasteiger partial charge in [0, 0.05) is 6.20 Å². The maximum absolute atomic E-state index is 6.14. The van der Waals surface area contributed by atoms with E-state index >= 15 is 0 Å². The SMILES string of the molecule is C=CC1=CC(n2cc(C)c3c(Cl)ncnc32)CC1. The van der Waals surface area contributed by atoms with Crippen LogP contribution in [0, 0.1) is 6.92 Å². The van der Waals surface area contributed by atoms with Crippen LogP contribution < -0.4 is 0 Å². The minimum Gasteiger partial charge on any atom is -0.325 e. The van der Waals surface area contributed by atoms with E-state index in [0.717, 1.165) is 29.4 Å². The molecule has 18 heavy (non-hydrogen) atoms. The van der Waals surface area contributed by atoms with Crippen LogP contribution in [-0.4, -0.2) is 14.5 Å². The second kappa shape index (κ2) is 4.25. The zero-order valence-electron chi connectivity index (χ0n) is 10.2. The van der Waals surface area contributed by atoms with Crippen LogP contribution in [0.25, 0.3) is 11.0 Å². The lowest BCUT2D eigenvalue weighted by Gasteiger charge is -2.10. The van der Waals surface area contributed by atoms with Gasteiger partial charge in [0.1, 0.15) is 17.1 Å². The molecule has 2 aromatic heterocycles. The first-order chi connectivity index (χ1) is 8.70. The average molecular weight is 260 g/mol. The first kappa shape index (κ1) is 11.5. The summed E-state index contributed by atoms with van der Waals surface area (Å²) in [4.78, 5) is 8.42. The third-order valence-corrected chi connectivity index (χ3v) is 3.79. The van der Waals surface area contributed by atoms with Crippen molar-refractivity contribution >= 4 is 22.6 Å². The van der Waals surface area contributed by atoms with Crippen molar-refractivity contribution in [3.63, 3.8) is 0 Å². The summed E-state index contributed by atoms with van der Waals surface area (Å²) in [6.07, 6.45) is 9.98. The van der Waals surface area contributed by atoms with E-state index in [1.807, 2.05) is 13.0 Å². The molecule has 0 fully saturated rings. The van der Waals surface area contributed by atoms with Crippen molar-refractivity contribution in [1.29, 1.82) is 0 Å². The summed E-state index contributed by atoms with van der Waals surface area (Å²) >= 11 is 6.14. The Morgan fingerprint density at radius 3 is 3.06 bits per heavy atom. The number of halogens is 1. The first-order valence-electron chi connectivity index (χ1n) is 6.01. The largest absolute Gasteiger partial charge is 0.325 e. The number of rotatable bonds is 2. The molecule has 0 saturated heterocycles. The van der Waals surface area contributed by atoms with E-state index in [0.29, 0.717) is 11.2 Å². The molecule has 0 aromatic carbocycles. The van der Waals surface area contributed by atoms with Gasteiger partial charge in [0.2, 0.25) is 0 Å². The van der Waals surface area contributed by atoms with Gasteiger partial charge in [-0.15, -0.1) is 0 Å². The number of aryl methyl sites for hydroxylation is 1.